The average Bonchev–Trinajstić information content (AvgIpc) is 3.01. The van der Waals surface area contributed by atoms with Gasteiger partial charge in [-0.05, 0) is 49.1 Å². The van der Waals surface area contributed by atoms with Crippen LogP contribution in [0.3, 0.4) is 0 Å². The highest BCUT2D eigenvalue weighted by Crippen LogP contribution is 2.31. The van der Waals surface area contributed by atoms with Gasteiger partial charge in [-0.1, -0.05) is 0 Å². The molecule has 20 heavy (non-hydrogen) atoms. The van der Waals surface area contributed by atoms with E-state index < -0.39 is 0 Å². The summed E-state index contributed by atoms with van der Waals surface area (Å²) in [5, 5.41) is 11.9. The van der Waals surface area contributed by atoms with Gasteiger partial charge in [-0.2, -0.15) is 5.26 Å². The molecule has 1 heterocycles. The van der Waals surface area contributed by atoms with Crippen molar-refractivity contribution in [2.45, 2.75) is 19.3 Å². The molecule has 5 heteroatoms. The molecule has 2 aromatic rings. The van der Waals surface area contributed by atoms with Gasteiger partial charge in [0.05, 0.1) is 16.1 Å². The van der Waals surface area contributed by atoms with Crippen LogP contribution in [0.4, 0.5) is 11.4 Å². The van der Waals surface area contributed by atoms with E-state index in [4.69, 9.17) is 11.0 Å². The number of carbonyl (C=O) groups is 1. The lowest BCUT2D eigenvalue weighted by Crippen LogP contribution is -2.11. The molecule has 0 radical (unpaired) electrons. The van der Waals surface area contributed by atoms with Crippen LogP contribution in [-0.2, 0) is 12.8 Å². The third kappa shape index (κ3) is 2.26. The Balaban J connectivity index is 1.84. The van der Waals surface area contributed by atoms with E-state index in [0.717, 1.165) is 12.8 Å². The Hall–Kier alpha value is -2.32. The quantitative estimate of drug-likeness (QED) is 0.832. The maximum atomic E-state index is 12.2. The zero-order valence-corrected chi connectivity index (χ0v) is 11.6. The first-order valence-corrected chi connectivity index (χ1v) is 7.21. The molecule has 0 unspecified atom stereocenters. The molecule has 3 N–H and O–H groups in total. The predicted octanol–water partition coefficient (Wildman–Crippen LogP) is 2.94. The number of benzene rings is 1. The zero-order chi connectivity index (χ0) is 14.1. The molecular weight excluding hydrogens is 270 g/mol. The van der Waals surface area contributed by atoms with Crippen LogP contribution in [0.15, 0.2) is 24.3 Å². The van der Waals surface area contributed by atoms with E-state index in [-0.39, 0.29) is 5.91 Å². The van der Waals surface area contributed by atoms with Crippen molar-refractivity contribution >= 4 is 28.6 Å². The van der Waals surface area contributed by atoms with Gasteiger partial charge >= 0.3 is 0 Å². The minimum absolute atomic E-state index is 0.161. The SMILES string of the molecule is N#Cc1cc(N)ccc1NC(=O)c1cc2c(s1)CCC2. The number of fused-ring (bicyclic) bond motifs is 1. The molecule has 1 aromatic heterocycles. The second-order valence-corrected chi connectivity index (χ2v) is 5.92. The van der Waals surface area contributed by atoms with Gasteiger partial charge in [-0.25, -0.2) is 0 Å². The van der Waals surface area contributed by atoms with Gasteiger partial charge in [0.15, 0.2) is 0 Å². The molecule has 1 aliphatic carbocycles. The fourth-order valence-corrected chi connectivity index (χ4v) is 3.54. The number of aryl methyl sites for hydroxylation is 2. The summed E-state index contributed by atoms with van der Waals surface area (Å²) in [7, 11) is 0. The number of nitrogens with two attached hydrogens (primary N) is 1. The Morgan fingerprint density at radius 3 is 2.95 bits per heavy atom. The van der Waals surface area contributed by atoms with Crippen molar-refractivity contribution in [3.8, 4) is 6.07 Å². The van der Waals surface area contributed by atoms with E-state index in [0.29, 0.717) is 21.8 Å². The van der Waals surface area contributed by atoms with Gasteiger partial charge in [-0.15, -0.1) is 11.3 Å². The van der Waals surface area contributed by atoms with E-state index in [9.17, 15) is 4.79 Å². The third-order valence-electron chi connectivity index (χ3n) is 3.38. The van der Waals surface area contributed by atoms with E-state index >= 15 is 0 Å². The van der Waals surface area contributed by atoms with Crippen LogP contribution < -0.4 is 11.1 Å². The molecule has 0 bridgehead atoms. The molecule has 3 rings (SSSR count). The Labute approximate surface area is 120 Å². The molecule has 1 aromatic carbocycles. The minimum Gasteiger partial charge on any atom is -0.399 e. The summed E-state index contributed by atoms with van der Waals surface area (Å²) in [5.41, 5.74) is 8.31. The molecule has 100 valence electrons. The summed E-state index contributed by atoms with van der Waals surface area (Å²) in [6.45, 7) is 0. The smallest absolute Gasteiger partial charge is 0.265 e. The maximum Gasteiger partial charge on any atom is 0.265 e. The first-order valence-electron chi connectivity index (χ1n) is 6.40. The highest BCUT2D eigenvalue weighted by molar-refractivity contribution is 7.14. The fourth-order valence-electron chi connectivity index (χ4n) is 2.39. The third-order valence-corrected chi connectivity index (χ3v) is 4.62. The number of anilines is 2. The van der Waals surface area contributed by atoms with Gasteiger partial charge in [0, 0.05) is 10.6 Å². The summed E-state index contributed by atoms with van der Waals surface area (Å²) in [6, 6.07) is 8.90. The molecule has 1 amide bonds. The highest BCUT2D eigenvalue weighted by atomic mass is 32.1. The minimum atomic E-state index is -0.161. The van der Waals surface area contributed by atoms with Crippen molar-refractivity contribution in [3.05, 3.63) is 45.1 Å². The van der Waals surface area contributed by atoms with Crippen molar-refractivity contribution in [2.24, 2.45) is 0 Å². The largest absolute Gasteiger partial charge is 0.399 e. The molecule has 4 nitrogen and oxygen atoms in total. The van der Waals surface area contributed by atoms with Crippen molar-refractivity contribution in [1.29, 1.82) is 5.26 Å². The van der Waals surface area contributed by atoms with E-state index in [1.165, 1.54) is 16.9 Å². The number of nitrogens with zero attached hydrogens (tertiary/aromatic N) is 1. The summed E-state index contributed by atoms with van der Waals surface area (Å²) in [5.74, 6) is -0.161. The lowest BCUT2D eigenvalue weighted by atomic mass is 10.1. The molecule has 0 saturated carbocycles. The molecule has 0 spiro atoms. The number of hydrogen-bond donors (Lipinski definition) is 2. The summed E-state index contributed by atoms with van der Waals surface area (Å²) >= 11 is 1.55. The van der Waals surface area contributed by atoms with Crippen LogP contribution in [0.25, 0.3) is 0 Å². The Bertz CT molecular complexity index is 706. The molecule has 0 aliphatic heterocycles. The van der Waals surface area contributed by atoms with Crippen molar-refractivity contribution in [1.82, 2.24) is 0 Å². The normalized spacial score (nSPS) is 12.8. The highest BCUT2D eigenvalue weighted by Gasteiger charge is 2.19. The van der Waals surface area contributed by atoms with Crippen LogP contribution >= 0.6 is 11.3 Å². The predicted molar refractivity (Wildman–Crippen MR) is 79.9 cm³/mol. The Kier molecular flexibility index (Phi) is 3.17. The molecule has 1 aliphatic rings. The van der Waals surface area contributed by atoms with E-state index in [2.05, 4.69) is 5.32 Å². The summed E-state index contributed by atoms with van der Waals surface area (Å²) in [4.78, 5) is 14.2. The lowest BCUT2D eigenvalue weighted by Gasteiger charge is -2.06. The number of carbonyl (C=O) groups excluding carboxylic acids is 1. The van der Waals surface area contributed by atoms with Crippen molar-refractivity contribution in [3.63, 3.8) is 0 Å². The number of nitrogen functional groups attached to an aromatic ring is 1. The monoisotopic (exact) mass is 283 g/mol. The van der Waals surface area contributed by atoms with Gasteiger partial charge in [0.1, 0.15) is 6.07 Å². The van der Waals surface area contributed by atoms with E-state index in [1.807, 2.05) is 12.1 Å². The van der Waals surface area contributed by atoms with Gasteiger partial charge in [0.25, 0.3) is 5.91 Å². The van der Waals surface area contributed by atoms with E-state index in [1.54, 1.807) is 29.5 Å². The number of nitrogens with one attached hydrogen (secondary N) is 1. The van der Waals surface area contributed by atoms with Crippen LogP contribution in [0, 0.1) is 11.3 Å². The van der Waals surface area contributed by atoms with Crippen LogP contribution in [0.2, 0.25) is 0 Å². The van der Waals surface area contributed by atoms with Crippen LogP contribution in [0.5, 0.6) is 0 Å². The standard InChI is InChI=1S/C15H13N3OS/c16-8-10-6-11(17)4-5-12(10)18-15(19)14-7-9-2-1-3-13(9)20-14/h4-7H,1-3,17H2,(H,18,19). The van der Waals surface area contributed by atoms with Crippen molar-refractivity contribution in [2.75, 3.05) is 11.1 Å². The molecule has 0 fully saturated rings. The van der Waals surface area contributed by atoms with Crippen LogP contribution in [0.1, 0.15) is 32.1 Å². The number of amides is 1. The second-order valence-electron chi connectivity index (χ2n) is 4.78. The first-order chi connectivity index (χ1) is 9.67. The summed E-state index contributed by atoms with van der Waals surface area (Å²) < 4.78 is 0. The molecule has 0 saturated heterocycles. The number of nitriles is 1. The lowest BCUT2D eigenvalue weighted by molar-refractivity contribution is 0.103. The number of hydrogen-bond acceptors (Lipinski definition) is 4. The van der Waals surface area contributed by atoms with Gasteiger partial charge in [-0.3, -0.25) is 4.79 Å². The first kappa shape index (κ1) is 12.7. The summed E-state index contributed by atoms with van der Waals surface area (Å²) in [6.07, 6.45) is 3.31. The second kappa shape index (κ2) is 4.99. The fraction of sp³-hybridized carbons (Fsp3) is 0.200. The van der Waals surface area contributed by atoms with Gasteiger partial charge < -0.3 is 11.1 Å². The molecular formula is C15H13N3OS. The Morgan fingerprint density at radius 2 is 2.20 bits per heavy atom. The molecule has 0 atom stereocenters. The zero-order valence-electron chi connectivity index (χ0n) is 10.8. The van der Waals surface area contributed by atoms with Gasteiger partial charge in [0.2, 0.25) is 0 Å². The number of rotatable bonds is 2. The Morgan fingerprint density at radius 1 is 1.35 bits per heavy atom. The van der Waals surface area contributed by atoms with Crippen LogP contribution in [-0.4, -0.2) is 5.91 Å². The maximum absolute atomic E-state index is 12.2. The van der Waals surface area contributed by atoms with Crippen molar-refractivity contribution < 1.29 is 4.79 Å². The average molecular weight is 283 g/mol. The topological polar surface area (TPSA) is 78.9 Å². The number of thiophene rings is 1.